The zero-order chi connectivity index (χ0) is 15.3. The second-order valence-electron chi connectivity index (χ2n) is 5.95. The van der Waals surface area contributed by atoms with Crippen molar-refractivity contribution < 1.29 is 4.74 Å². The van der Waals surface area contributed by atoms with Gasteiger partial charge in [0.2, 0.25) is 0 Å². The van der Waals surface area contributed by atoms with Crippen LogP contribution in [0.1, 0.15) is 26.3 Å². The summed E-state index contributed by atoms with van der Waals surface area (Å²) in [4.78, 5) is 0. The van der Waals surface area contributed by atoms with E-state index in [1.165, 1.54) is 0 Å². The molecule has 1 N–H and O–H groups in total. The average Bonchev–Trinajstić information content (AvgIpc) is 2.91. The molecule has 5 heteroatoms. The van der Waals surface area contributed by atoms with Gasteiger partial charge in [0.15, 0.2) is 0 Å². The summed E-state index contributed by atoms with van der Waals surface area (Å²) in [5.74, 6) is 0.753. The zero-order valence-corrected chi connectivity index (χ0v) is 13.5. The zero-order valence-electron chi connectivity index (χ0n) is 12.8. The van der Waals surface area contributed by atoms with Crippen molar-refractivity contribution in [3.63, 3.8) is 0 Å². The molecule has 0 unspecified atom stereocenters. The molecule has 0 aliphatic rings. The number of nitrogens with zero attached hydrogens (tertiary/aromatic N) is 2. The van der Waals surface area contributed by atoms with E-state index in [-0.39, 0.29) is 5.54 Å². The van der Waals surface area contributed by atoms with Crippen molar-refractivity contribution >= 4 is 11.6 Å². The Morgan fingerprint density at radius 3 is 2.76 bits per heavy atom. The first-order chi connectivity index (χ1) is 9.96. The summed E-state index contributed by atoms with van der Waals surface area (Å²) >= 11 is 6.26. The summed E-state index contributed by atoms with van der Waals surface area (Å²) in [6.07, 6.45) is 3.67. The summed E-state index contributed by atoms with van der Waals surface area (Å²) in [6.45, 7) is 8.36. The van der Waals surface area contributed by atoms with Crippen molar-refractivity contribution in [2.75, 3.05) is 6.61 Å². The minimum absolute atomic E-state index is 0.0502. The van der Waals surface area contributed by atoms with Gasteiger partial charge in [0.1, 0.15) is 12.4 Å². The first-order valence-corrected chi connectivity index (χ1v) is 7.46. The summed E-state index contributed by atoms with van der Waals surface area (Å²) in [5, 5.41) is 8.25. The van der Waals surface area contributed by atoms with Crippen LogP contribution in [-0.2, 0) is 13.1 Å². The Labute approximate surface area is 131 Å². The molecule has 0 spiro atoms. The monoisotopic (exact) mass is 307 g/mol. The molecule has 1 heterocycles. The molecule has 0 bridgehead atoms. The fourth-order valence-electron chi connectivity index (χ4n) is 1.89. The first kappa shape index (κ1) is 15.9. The fraction of sp³-hybridized carbons (Fsp3) is 0.438. The fourth-order valence-corrected chi connectivity index (χ4v) is 2.14. The Kier molecular flexibility index (Phi) is 5.26. The minimum Gasteiger partial charge on any atom is -0.490 e. The number of benzene rings is 1. The van der Waals surface area contributed by atoms with Gasteiger partial charge in [-0.25, -0.2) is 0 Å². The Morgan fingerprint density at radius 2 is 2.10 bits per heavy atom. The Morgan fingerprint density at radius 1 is 1.29 bits per heavy atom. The molecule has 0 aliphatic carbocycles. The molecule has 0 aliphatic heterocycles. The van der Waals surface area contributed by atoms with Crippen LogP contribution in [0, 0.1) is 0 Å². The van der Waals surface area contributed by atoms with Crippen molar-refractivity contribution in [3.8, 4) is 5.75 Å². The highest BCUT2D eigenvalue weighted by Crippen LogP contribution is 2.29. The molecular weight excluding hydrogens is 286 g/mol. The van der Waals surface area contributed by atoms with Crippen LogP contribution < -0.4 is 10.1 Å². The van der Waals surface area contributed by atoms with E-state index in [9.17, 15) is 0 Å². The van der Waals surface area contributed by atoms with Gasteiger partial charge >= 0.3 is 0 Å². The number of halogens is 1. The largest absolute Gasteiger partial charge is 0.490 e. The van der Waals surface area contributed by atoms with Crippen LogP contribution >= 0.6 is 11.6 Å². The van der Waals surface area contributed by atoms with E-state index in [1.807, 2.05) is 35.1 Å². The van der Waals surface area contributed by atoms with Gasteiger partial charge < -0.3 is 10.1 Å². The van der Waals surface area contributed by atoms with E-state index in [2.05, 4.69) is 31.2 Å². The highest BCUT2D eigenvalue weighted by molar-refractivity contribution is 6.32. The van der Waals surface area contributed by atoms with Crippen LogP contribution in [-0.4, -0.2) is 21.9 Å². The van der Waals surface area contributed by atoms with Crippen molar-refractivity contribution in [1.29, 1.82) is 0 Å². The van der Waals surface area contributed by atoms with Crippen molar-refractivity contribution in [2.45, 2.75) is 39.4 Å². The standard InChI is InChI=1S/C16H22ClN3O/c1-16(2,3)18-12-13-6-4-7-14(17)15(13)21-11-10-20-9-5-8-19-20/h4-9,18H,10-12H2,1-3H3. The van der Waals surface area contributed by atoms with Gasteiger partial charge in [-0.2, -0.15) is 5.10 Å². The molecule has 0 radical (unpaired) electrons. The molecular formula is C16H22ClN3O. The second-order valence-corrected chi connectivity index (χ2v) is 6.36. The van der Waals surface area contributed by atoms with Crippen molar-refractivity contribution in [2.24, 2.45) is 0 Å². The van der Waals surface area contributed by atoms with E-state index in [0.717, 1.165) is 17.9 Å². The molecule has 0 saturated carbocycles. The lowest BCUT2D eigenvalue weighted by atomic mass is 10.1. The van der Waals surface area contributed by atoms with Crippen LogP contribution in [0.25, 0.3) is 0 Å². The van der Waals surface area contributed by atoms with Crippen LogP contribution in [0.5, 0.6) is 5.75 Å². The molecule has 2 rings (SSSR count). The molecule has 1 aromatic heterocycles. The van der Waals surface area contributed by atoms with Crippen molar-refractivity contribution in [1.82, 2.24) is 15.1 Å². The Hall–Kier alpha value is -1.52. The van der Waals surface area contributed by atoms with E-state index in [0.29, 0.717) is 18.2 Å². The predicted molar refractivity (Wildman–Crippen MR) is 85.8 cm³/mol. The maximum atomic E-state index is 6.26. The van der Waals surface area contributed by atoms with Gasteiger partial charge in [-0.05, 0) is 32.9 Å². The SMILES string of the molecule is CC(C)(C)NCc1cccc(Cl)c1OCCn1cccn1. The molecule has 21 heavy (non-hydrogen) atoms. The third-order valence-electron chi connectivity index (χ3n) is 2.98. The Bertz CT molecular complexity index is 561. The average molecular weight is 308 g/mol. The molecule has 2 aromatic rings. The minimum atomic E-state index is 0.0502. The van der Waals surface area contributed by atoms with Gasteiger partial charge in [0.05, 0.1) is 11.6 Å². The Balaban J connectivity index is 1.99. The van der Waals surface area contributed by atoms with Crippen LogP contribution in [0.2, 0.25) is 5.02 Å². The number of hydrogen-bond donors (Lipinski definition) is 1. The number of hydrogen-bond acceptors (Lipinski definition) is 3. The third-order valence-corrected chi connectivity index (χ3v) is 3.28. The quantitative estimate of drug-likeness (QED) is 0.887. The van der Waals surface area contributed by atoms with Gasteiger partial charge in [0.25, 0.3) is 0 Å². The first-order valence-electron chi connectivity index (χ1n) is 7.08. The van der Waals surface area contributed by atoms with E-state index in [4.69, 9.17) is 16.3 Å². The third kappa shape index (κ3) is 5.06. The maximum Gasteiger partial charge on any atom is 0.142 e. The molecule has 0 fully saturated rings. The summed E-state index contributed by atoms with van der Waals surface area (Å²) in [7, 11) is 0. The normalized spacial score (nSPS) is 11.6. The second kappa shape index (κ2) is 6.96. The number of nitrogens with one attached hydrogen (secondary N) is 1. The number of para-hydroxylation sites is 1. The molecule has 4 nitrogen and oxygen atoms in total. The summed E-state index contributed by atoms with van der Waals surface area (Å²) in [5.41, 5.74) is 1.12. The lowest BCUT2D eigenvalue weighted by molar-refractivity contribution is 0.287. The van der Waals surface area contributed by atoms with Crippen molar-refractivity contribution in [3.05, 3.63) is 47.2 Å². The van der Waals surface area contributed by atoms with Gasteiger partial charge in [-0.15, -0.1) is 0 Å². The smallest absolute Gasteiger partial charge is 0.142 e. The van der Waals surface area contributed by atoms with Gasteiger partial charge in [0, 0.05) is 30.0 Å². The number of ether oxygens (including phenoxy) is 1. The van der Waals surface area contributed by atoms with Crippen LogP contribution in [0.15, 0.2) is 36.7 Å². The lowest BCUT2D eigenvalue weighted by Gasteiger charge is -2.22. The van der Waals surface area contributed by atoms with Gasteiger partial charge in [-0.3, -0.25) is 4.68 Å². The molecule has 0 amide bonds. The number of aromatic nitrogens is 2. The molecule has 1 aromatic carbocycles. The topological polar surface area (TPSA) is 39.1 Å². The van der Waals surface area contributed by atoms with E-state index in [1.54, 1.807) is 6.20 Å². The van der Waals surface area contributed by atoms with Gasteiger partial charge in [-0.1, -0.05) is 23.7 Å². The summed E-state index contributed by atoms with van der Waals surface area (Å²) < 4.78 is 7.71. The molecule has 0 saturated heterocycles. The van der Waals surface area contributed by atoms with Crippen LogP contribution in [0.4, 0.5) is 0 Å². The molecule has 0 atom stereocenters. The lowest BCUT2D eigenvalue weighted by Crippen LogP contribution is -2.35. The highest BCUT2D eigenvalue weighted by atomic mass is 35.5. The number of rotatable bonds is 6. The highest BCUT2D eigenvalue weighted by Gasteiger charge is 2.13. The van der Waals surface area contributed by atoms with Crippen LogP contribution in [0.3, 0.4) is 0 Å². The van der Waals surface area contributed by atoms with E-state index >= 15 is 0 Å². The maximum absolute atomic E-state index is 6.26. The summed E-state index contributed by atoms with van der Waals surface area (Å²) in [6, 6.07) is 7.73. The molecule has 114 valence electrons. The van der Waals surface area contributed by atoms with E-state index < -0.39 is 0 Å². The predicted octanol–water partition coefficient (Wildman–Crippen LogP) is 3.50.